The topological polar surface area (TPSA) is 41.1 Å². The van der Waals surface area contributed by atoms with Gasteiger partial charge < -0.3 is 10.6 Å². The van der Waals surface area contributed by atoms with Gasteiger partial charge >= 0.3 is 6.03 Å². The van der Waals surface area contributed by atoms with Crippen LogP contribution < -0.4 is 10.6 Å². The van der Waals surface area contributed by atoms with Gasteiger partial charge in [0.2, 0.25) is 0 Å². The third-order valence-corrected chi connectivity index (χ3v) is 3.73. The van der Waals surface area contributed by atoms with Crippen molar-refractivity contribution in [1.29, 1.82) is 0 Å². The van der Waals surface area contributed by atoms with E-state index < -0.39 is 11.6 Å². The van der Waals surface area contributed by atoms with Gasteiger partial charge in [0, 0.05) is 24.1 Å². The molecule has 0 aromatic heterocycles. The van der Waals surface area contributed by atoms with Crippen molar-refractivity contribution in [2.45, 2.75) is 31.2 Å². The molecule has 3 nitrogen and oxygen atoms in total. The van der Waals surface area contributed by atoms with Gasteiger partial charge in [0.15, 0.2) is 0 Å². The number of rotatable bonds is 4. The molecule has 5 heteroatoms. The Balaban J connectivity index is 1.54. The summed E-state index contributed by atoms with van der Waals surface area (Å²) in [4.78, 5) is 11.6. The molecule has 2 atom stereocenters. The number of hydrogen-bond donors (Lipinski definition) is 2. The van der Waals surface area contributed by atoms with E-state index >= 15 is 0 Å². The highest BCUT2D eigenvalue weighted by molar-refractivity contribution is 5.75. The number of nitrogens with one attached hydrogen (secondary N) is 2. The van der Waals surface area contributed by atoms with Gasteiger partial charge in [-0.1, -0.05) is 6.07 Å². The van der Waals surface area contributed by atoms with Crippen molar-refractivity contribution in [2.24, 2.45) is 5.92 Å². The first kappa shape index (κ1) is 12.4. The zero-order chi connectivity index (χ0) is 13.4. The Morgan fingerprint density at radius 3 is 2.58 bits per heavy atom. The second kappa shape index (κ2) is 4.79. The predicted octanol–water partition coefficient (Wildman–Crippen LogP) is 2.53. The summed E-state index contributed by atoms with van der Waals surface area (Å²) in [5, 5.41) is 5.54. The number of hydrogen-bond acceptors (Lipinski definition) is 1. The summed E-state index contributed by atoms with van der Waals surface area (Å²) >= 11 is 0. The molecule has 1 aromatic carbocycles. The van der Waals surface area contributed by atoms with Crippen LogP contribution in [0.3, 0.4) is 0 Å². The van der Waals surface area contributed by atoms with Gasteiger partial charge in [-0.3, -0.25) is 0 Å². The molecule has 3 rings (SSSR count). The second-order valence-corrected chi connectivity index (χ2v) is 5.38. The average Bonchev–Trinajstić information content (AvgIpc) is 3.23. The van der Waals surface area contributed by atoms with Gasteiger partial charge in [-0.2, -0.15) is 0 Å². The normalized spacial score (nSPS) is 24.9. The number of carbonyl (C=O) groups is 1. The Kier molecular flexibility index (Phi) is 3.12. The lowest BCUT2D eigenvalue weighted by Crippen LogP contribution is -2.38. The molecule has 0 heterocycles. The fourth-order valence-corrected chi connectivity index (χ4v) is 2.32. The first-order valence-electron chi connectivity index (χ1n) is 6.63. The summed E-state index contributed by atoms with van der Waals surface area (Å²) in [6, 6.07) is 3.45. The number of halogens is 2. The van der Waals surface area contributed by atoms with E-state index in [1.165, 1.54) is 31.0 Å². The average molecular weight is 266 g/mol. The lowest BCUT2D eigenvalue weighted by Gasteiger charge is -2.07. The van der Waals surface area contributed by atoms with E-state index in [1.807, 2.05) is 0 Å². The van der Waals surface area contributed by atoms with E-state index in [0.29, 0.717) is 18.9 Å². The van der Waals surface area contributed by atoms with Crippen LogP contribution in [0, 0.1) is 17.6 Å². The molecule has 19 heavy (non-hydrogen) atoms. The predicted molar refractivity (Wildman–Crippen MR) is 66.8 cm³/mol. The minimum Gasteiger partial charge on any atom is -0.338 e. The van der Waals surface area contributed by atoms with E-state index in [9.17, 15) is 13.6 Å². The molecular formula is C14H16F2N2O. The molecule has 102 valence electrons. The maximum absolute atomic E-state index is 13.5. The van der Waals surface area contributed by atoms with Crippen LogP contribution in [0.25, 0.3) is 0 Å². The van der Waals surface area contributed by atoms with Crippen LogP contribution in [0.1, 0.15) is 30.7 Å². The summed E-state index contributed by atoms with van der Waals surface area (Å²) in [7, 11) is 0. The number of benzene rings is 1. The lowest BCUT2D eigenvalue weighted by atomic mass is 10.1. The summed E-state index contributed by atoms with van der Waals surface area (Å²) < 4.78 is 27.1. The van der Waals surface area contributed by atoms with Crippen molar-refractivity contribution >= 4 is 6.03 Å². The zero-order valence-electron chi connectivity index (χ0n) is 10.5. The Morgan fingerprint density at radius 1 is 1.26 bits per heavy atom. The van der Waals surface area contributed by atoms with Crippen molar-refractivity contribution in [3.8, 4) is 0 Å². The van der Waals surface area contributed by atoms with Crippen molar-refractivity contribution < 1.29 is 13.6 Å². The Bertz CT molecular complexity index is 482. The number of urea groups is 1. The molecule has 2 amide bonds. The summed E-state index contributed by atoms with van der Waals surface area (Å²) in [6.07, 6.45) is 2.94. The monoisotopic (exact) mass is 266 g/mol. The van der Waals surface area contributed by atoms with E-state index in [0.717, 1.165) is 0 Å². The highest BCUT2D eigenvalue weighted by Gasteiger charge is 2.42. The van der Waals surface area contributed by atoms with Gasteiger partial charge in [0.1, 0.15) is 11.6 Å². The molecule has 1 aromatic rings. The summed E-state index contributed by atoms with van der Waals surface area (Å²) in [5.41, 5.74) is 0.0926. The van der Waals surface area contributed by atoms with E-state index in [1.54, 1.807) is 0 Å². The van der Waals surface area contributed by atoms with E-state index in [2.05, 4.69) is 10.6 Å². The SMILES string of the molecule is O=C(NCC1CC1)N[C@@H]1C[C@@H]1c1c(F)cccc1F. The molecule has 0 bridgehead atoms. The van der Waals surface area contributed by atoms with Gasteiger partial charge in [-0.25, -0.2) is 13.6 Å². The molecule has 2 aliphatic carbocycles. The molecule has 2 aliphatic rings. The highest BCUT2D eigenvalue weighted by Crippen LogP contribution is 2.43. The second-order valence-electron chi connectivity index (χ2n) is 5.38. The molecule has 0 aliphatic heterocycles. The Labute approximate surface area is 110 Å². The van der Waals surface area contributed by atoms with Crippen LogP contribution in [0.15, 0.2) is 18.2 Å². The van der Waals surface area contributed by atoms with Gasteiger partial charge in [0.05, 0.1) is 0 Å². The molecule has 0 radical (unpaired) electrons. The molecule has 2 N–H and O–H groups in total. The molecule has 0 unspecified atom stereocenters. The largest absolute Gasteiger partial charge is 0.338 e. The van der Waals surface area contributed by atoms with Crippen LogP contribution in [0.4, 0.5) is 13.6 Å². The van der Waals surface area contributed by atoms with Crippen LogP contribution in [0.2, 0.25) is 0 Å². The van der Waals surface area contributed by atoms with Gasteiger partial charge in [0.25, 0.3) is 0 Å². The Hall–Kier alpha value is -1.65. The lowest BCUT2D eigenvalue weighted by molar-refractivity contribution is 0.240. The third kappa shape index (κ3) is 2.85. The zero-order valence-corrected chi connectivity index (χ0v) is 10.5. The van der Waals surface area contributed by atoms with Crippen LogP contribution in [-0.4, -0.2) is 18.6 Å². The van der Waals surface area contributed by atoms with Gasteiger partial charge in [-0.15, -0.1) is 0 Å². The van der Waals surface area contributed by atoms with E-state index in [4.69, 9.17) is 0 Å². The first-order valence-corrected chi connectivity index (χ1v) is 6.63. The summed E-state index contributed by atoms with van der Waals surface area (Å²) in [6.45, 7) is 0.692. The third-order valence-electron chi connectivity index (χ3n) is 3.73. The van der Waals surface area contributed by atoms with Crippen LogP contribution in [-0.2, 0) is 0 Å². The minimum atomic E-state index is -0.535. The van der Waals surface area contributed by atoms with Crippen LogP contribution >= 0.6 is 0 Å². The maximum atomic E-state index is 13.5. The quantitative estimate of drug-likeness (QED) is 0.864. The highest BCUT2D eigenvalue weighted by atomic mass is 19.1. The smallest absolute Gasteiger partial charge is 0.315 e. The number of carbonyl (C=O) groups excluding carboxylic acids is 1. The van der Waals surface area contributed by atoms with Gasteiger partial charge in [-0.05, 0) is 37.3 Å². The van der Waals surface area contributed by atoms with E-state index in [-0.39, 0.29) is 23.6 Å². The molecule has 0 spiro atoms. The van der Waals surface area contributed by atoms with Crippen molar-refractivity contribution in [2.75, 3.05) is 6.54 Å². The molecular weight excluding hydrogens is 250 g/mol. The molecule has 2 saturated carbocycles. The first-order chi connectivity index (χ1) is 9.15. The maximum Gasteiger partial charge on any atom is 0.315 e. The molecule has 0 saturated heterocycles. The fourth-order valence-electron chi connectivity index (χ4n) is 2.32. The van der Waals surface area contributed by atoms with Crippen molar-refractivity contribution in [1.82, 2.24) is 10.6 Å². The Morgan fingerprint density at radius 2 is 1.95 bits per heavy atom. The van der Waals surface area contributed by atoms with Crippen LogP contribution in [0.5, 0.6) is 0 Å². The summed E-state index contributed by atoms with van der Waals surface area (Å²) in [5.74, 6) is -0.696. The number of amides is 2. The standard InChI is InChI=1S/C14H16F2N2O/c15-10-2-1-3-11(16)13(10)9-6-12(9)18-14(19)17-7-8-4-5-8/h1-3,8-9,12H,4-7H2,(H2,17,18,19)/t9-,12+/m0/s1. The fraction of sp³-hybridized carbons (Fsp3) is 0.500. The van der Waals surface area contributed by atoms with Crippen molar-refractivity contribution in [3.63, 3.8) is 0 Å². The van der Waals surface area contributed by atoms with Crippen molar-refractivity contribution in [3.05, 3.63) is 35.4 Å². The molecule has 2 fully saturated rings. The minimum absolute atomic E-state index is 0.0926.